The number of rotatable bonds is 5. The number of nitrogens with two attached hydrogens (primary N) is 1. The van der Waals surface area contributed by atoms with Crippen molar-refractivity contribution in [2.24, 2.45) is 5.84 Å². The molecular weight excluding hydrogens is 188 g/mol. The smallest absolute Gasteiger partial charge is 0.347 e. The normalized spacial score (nSPS) is 8.79. The average Bonchev–Trinajstić information content (AvgIpc) is 2.14. The second-order valence-electron chi connectivity index (χ2n) is 2.17. The van der Waals surface area contributed by atoms with Gasteiger partial charge in [-0.2, -0.15) is 0 Å². The Morgan fingerprint density at radius 2 is 1.64 bits per heavy atom. The molecule has 3 N–H and O–H groups in total. The lowest BCUT2D eigenvalue weighted by atomic mass is 10.3. The zero-order valence-corrected chi connectivity index (χ0v) is 8.20. The van der Waals surface area contributed by atoms with Gasteiger partial charge in [0.25, 0.3) is 0 Å². The summed E-state index contributed by atoms with van der Waals surface area (Å²) in [7, 11) is 0. The molecule has 0 aliphatic heterocycles. The molecule has 0 rings (SSSR count). The molecule has 0 aliphatic carbocycles. The van der Waals surface area contributed by atoms with Crippen LogP contribution in [0.25, 0.3) is 0 Å². The molecule has 0 aromatic carbocycles. The van der Waals surface area contributed by atoms with Crippen LogP contribution in [0.5, 0.6) is 0 Å². The van der Waals surface area contributed by atoms with Gasteiger partial charge in [-0.25, -0.2) is 9.59 Å². The molecule has 14 heavy (non-hydrogen) atoms. The summed E-state index contributed by atoms with van der Waals surface area (Å²) in [6.07, 6.45) is 1.04. The number of carbonyl (C=O) groups excluding carboxylic acids is 2. The second kappa shape index (κ2) is 6.90. The van der Waals surface area contributed by atoms with Gasteiger partial charge in [0.1, 0.15) is 0 Å². The lowest BCUT2D eigenvalue weighted by Gasteiger charge is -2.05. The Balaban J connectivity index is 4.51. The number of hydrazine groups is 1. The van der Waals surface area contributed by atoms with E-state index in [9.17, 15) is 9.59 Å². The standard InChI is InChI=1S/C8H14N2O4/c1-3-13-7(11)6(5-10-9)8(12)14-4-2/h5,10H,3-4,9H2,1-2H3. The van der Waals surface area contributed by atoms with E-state index in [4.69, 9.17) is 5.84 Å². The quantitative estimate of drug-likeness (QED) is 0.155. The van der Waals surface area contributed by atoms with Crippen LogP contribution in [0.15, 0.2) is 11.8 Å². The monoisotopic (exact) mass is 202 g/mol. The third-order valence-electron chi connectivity index (χ3n) is 1.22. The van der Waals surface area contributed by atoms with Crippen molar-refractivity contribution in [2.75, 3.05) is 13.2 Å². The highest BCUT2D eigenvalue weighted by Crippen LogP contribution is 2.00. The SMILES string of the molecule is CCOC(=O)C(=CNN)C(=O)OCC. The summed E-state index contributed by atoms with van der Waals surface area (Å²) in [4.78, 5) is 22.3. The number of carbonyl (C=O) groups is 2. The zero-order chi connectivity index (χ0) is 11.0. The Hall–Kier alpha value is -1.56. The molecule has 0 spiro atoms. The van der Waals surface area contributed by atoms with Gasteiger partial charge in [0.2, 0.25) is 0 Å². The maximum atomic E-state index is 11.2. The molecule has 0 saturated heterocycles. The van der Waals surface area contributed by atoms with E-state index in [2.05, 4.69) is 14.9 Å². The zero-order valence-electron chi connectivity index (χ0n) is 8.20. The van der Waals surface area contributed by atoms with Crippen molar-refractivity contribution in [3.8, 4) is 0 Å². The molecule has 0 bridgehead atoms. The van der Waals surface area contributed by atoms with Gasteiger partial charge < -0.3 is 14.9 Å². The maximum absolute atomic E-state index is 11.2. The highest BCUT2D eigenvalue weighted by atomic mass is 16.6. The highest BCUT2D eigenvalue weighted by Gasteiger charge is 2.20. The summed E-state index contributed by atoms with van der Waals surface area (Å²) in [5, 5.41) is 0. The van der Waals surface area contributed by atoms with Crippen LogP contribution < -0.4 is 11.3 Å². The first-order chi connectivity index (χ1) is 6.67. The molecule has 0 saturated carbocycles. The number of ether oxygens (including phenoxy) is 2. The minimum atomic E-state index is -0.760. The Morgan fingerprint density at radius 1 is 1.21 bits per heavy atom. The van der Waals surface area contributed by atoms with Gasteiger partial charge in [0, 0.05) is 6.20 Å². The van der Waals surface area contributed by atoms with Crippen LogP contribution in [-0.4, -0.2) is 25.2 Å². The summed E-state index contributed by atoms with van der Waals surface area (Å²) in [6.45, 7) is 3.63. The highest BCUT2D eigenvalue weighted by molar-refractivity contribution is 6.13. The van der Waals surface area contributed by atoms with Crippen LogP contribution in [0, 0.1) is 0 Å². The fourth-order valence-corrected chi connectivity index (χ4v) is 0.702. The molecule has 0 aromatic rings. The third kappa shape index (κ3) is 3.90. The first kappa shape index (κ1) is 12.4. The summed E-state index contributed by atoms with van der Waals surface area (Å²) in [6, 6.07) is 0. The molecule has 6 heteroatoms. The van der Waals surface area contributed by atoms with Crippen molar-refractivity contribution in [3.63, 3.8) is 0 Å². The molecule has 6 nitrogen and oxygen atoms in total. The predicted octanol–water partition coefficient (Wildman–Crippen LogP) is -0.540. The molecular formula is C8H14N2O4. The molecule has 0 radical (unpaired) electrons. The van der Waals surface area contributed by atoms with Gasteiger partial charge >= 0.3 is 11.9 Å². The lowest BCUT2D eigenvalue weighted by Crippen LogP contribution is -2.23. The van der Waals surface area contributed by atoms with E-state index in [1.165, 1.54) is 0 Å². The van der Waals surface area contributed by atoms with E-state index >= 15 is 0 Å². The van der Waals surface area contributed by atoms with Crippen LogP contribution in [-0.2, 0) is 19.1 Å². The Kier molecular flexibility index (Phi) is 6.13. The van der Waals surface area contributed by atoms with E-state index < -0.39 is 11.9 Å². The fourth-order valence-electron chi connectivity index (χ4n) is 0.702. The minimum Gasteiger partial charge on any atom is -0.462 e. The van der Waals surface area contributed by atoms with Crippen molar-refractivity contribution in [1.82, 2.24) is 5.43 Å². The Morgan fingerprint density at radius 3 is 1.93 bits per heavy atom. The molecule has 0 amide bonds. The molecule has 0 aromatic heterocycles. The van der Waals surface area contributed by atoms with E-state index in [0.717, 1.165) is 6.20 Å². The largest absolute Gasteiger partial charge is 0.462 e. The fraction of sp³-hybridized carbons (Fsp3) is 0.500. The molecule has 0 aliphatic rings. The van der Waals surface area contributed by atoms with Gasteiger partial charge in [-0.05, 0) is 13.8 Å². The third-order valence-corrected chi connectivity index (χ3v) is 1.22. The van der Waals surface area contributed by atoms with Crippen LogP contribution in [0.2, 0.25) is 0 Å². The van der Waals surface area contributed by atoms with Crippen LogP contribution in [0.1, 0.15) is 13.8 Å². The predicted molar refractivity (Wildman–Crippen MR) is 48.7 cm³/mol. The topological polar surface area (TPSA) is 90.6 Å². The molecule has 0 unspecified atom stereocenters. The number of nitrogens with one attached hydrogen (secondary N) is 1. The van der Waals surface area contributed by atoms with Crippen molar-refractivity contribution in [2.45, 2.75) is 13.8 Å². The molecule has 0 heterocycles. The lowest BCUT2D eigenvalue weighted by molar-refractivity contribution is -0.146. The average molecular weight is 202 g/mol. The number of hydrogen-bond acceptors (Lipinski definition) is 6. The Labute approximate surface area is 82.0 Å². The van der Waals surface area contributed by atoms with Gasteiger partial charge in [-0.1, -0.05) is 0 Å². The first-order valence-corrected chi connectivity index (χ1v) is 4.17. The van der Waals surface area contributed by atoms with Crippen molar-refractivity contribution < 1.29 is 19.1 Å². The maximum Gasteiger partial charge on any atom is 0.347 e. The van der Waals surface area contributed by atoms with Gasteiger partial charge in [0.15, 0.2) is 5.57 Å². The summed E-state index contributed by atoms with van der Waals surface area (Å²) >= 11 is 0. The van der Waals surface area contributed by atoms with Gasteiger partial charge in [0.05, 0.1) is 13.2 Å². The molecule has 0 atom stereocenters. The van der Waals surface area contributed by atoms with E-state index in [0.29, 0.717) is 0 Å². The first-order valence-electron chi connectivity index (χ1n) is 4.17. The summed E-state index contributed by atoms with van der Waals surface area (Å²) in [5.41, 5.74) is 1.83. The van der Waals surface area contributed by atoms with Gasteiger partial charge in [-0.3, -0.25) is 5.84 Å². The molecule has 80 valence electrons. The van der Waals surface area contributed by atoms with E-state index in [1.807, 2.05) is 0 Å². The van der Waals surface area contributed by atoms with Crippen molar-refractivity contribution >= 4 is 11.9 Å². The van der Waals surface area contributed by atoms with Crippen LogP contribution >= 0.6 is 0 Å². The van der Waals surface area contributed by atoms with Crippen molar-refractivity contribution in [3.05, 3.63) is 11.8 Å². The summed E-state index contributed by atoms with van der Waals surface area (Å²) in [5.74, 6) is 3.43. The van der Waals surface area contributed by atoms with Gasteiger partial charge in [-0.15, -0.1) is 0 Å². The Bertz CT molecular complexity index is 217. The van der Waals surface area contributed by atoms with E-state index in [-0.39, 0.29) is 18.8 Å². The van der Waals surface area contributed by atoms with E-state index in [1.54, 1.807) is 13.8 Å². The van der Waals surface area contributed by atoms with Crippen LogP contribution in [0.3, 0.4) is 0 Å². The second-order valence-corrected chi connectivity index (χ2v) is 2.17. The molecule has 0 fully saturated rings. The number of hydrogen-bond donors (Lipinski definition) is 2. The van der Waals surface area contributed by atoms with Crippen LogP contribution in [0.4, 0.5) is 0 Å². The minimum absolute atomic E-state index is 0.181. The summed E-state index contributed by atoms with van der Waals surface area (Å²) < 4.78 is 9.24. The number of esters is 2. The van der Waals surface area contributed by atoms with Crippen molar-refractivity contribution in [1.29, 1.82) is 0 Å².